The number of fused-ring (bicyclic) bond motifs is 1. The Morgan fingerprint density at radius 1 is 0.974 bits per heavy atom. The molecule has 1 heterocycles. The molecule has 1 aliphatic heterocycles. The van der Waals surface area contributed by atoms with E-state index in [9.17, 15) is 19.2 Å². The lowest BCUT2D eigenvalue weighted by atomic mass is 9.95. The Kier molecular flexibility index (Phi) is 8.86. The van der Waals surface area contributed by atoms with Gasteiger partial charge in [0, 0.05) is 38.0 Å². The maximum absolute atomic E-state index is 13.5. The first-order valence-electron chi connectivity index (χ1n) is 13.0. The Hall–Kier alpha value is -3.91. The van der Waals surface area contributed by atoms with Crippen LogP contribution in [0.5, 0.6) is 0 Å². The summed E-state index contributed by atoms with van der Waals surface area (Å²) in [5.41, 5.74) is 7.55. The molecule has 3 N–H and O–H groups in total. The fourth-order valence-corrected chi connectivity index (χ4v) is 5.21. The van der Waals surface area contributed by atoms with Gasteiger partial charge in [-0.05, 0) is 47.4 Å². The van der Waals surface area contributed by atoms with Gasteiger partial charge in [-0.1, -0.05) is 66.2 Å². The van der Waals surface area contributed by atoms with Crippen LogP contribution < -0.4 is 11.1 Å². The van der Waals surface area contributed by atoms with Crippen molar-refractivity contribution in [3.05, 3.63) is 82.9 Å². The van der Waals surface area contributed by atoms with E-state index < -0.39 is 23.9 Å². The molecule has 8 nitrogen and oxygen atoms in total. The van der Waals surface area contributed by atoms with Crippen LogP contribution in [0.3, 0.4) is 0 Å². The fourth-order valence-electron chi connectivity index (χ4n) is 5.09. The minimum atomic E-state index is -0.822. The molecule has 3 atom stereocenters. The minimum Gasteiger partial charge on any atom is -0.369 e. The maximum atomic E-state index is 13.5. The Morgan fingerprint density at radius 3 is 2.31 bits per heavy atom. The smallest absolute Gasteiger partial charge is 0.246 e. The molecule has 3 aromatic carbocycles. The molecule has 4 rings (SSSR count). The van der Waals surface area contributed by atoms with Gasteiger partial charge in [0.25, 0.3) is 0 Å². The van der Waals surface area contributed by atoms with Crippen LogP contribution in [0.2, 0.25) is 5.02 Å². The van der Waals surface area contributed by atoms with E-state index in [1.165, 1.54) is 11.8 Å². The average Bonchev–Trinajstić information content (AvgIpc) is 2.91. The number of nitrogens with zero attached hydrogens (tertiary/aromatic N) is 2. The molecule has 1 fully saturated rings. The summed E-state index contributed by atoms with van der Waals surface area (Å²) in [4.78, 5) is 54.2. The summed E-state index contributed by atoms with van der Waals surface area (Å²) in [6.07, 6.45) is 0.679. The van der Waals surface area contributed by atoms with Crippen LogP contribution in [-0.4, -0.2) is 65.1 Å². The number of nitrogens with one attached hydrogen (secondary N) is 1. The number of hydrogen-bond donors (Lipinski definition) is 2. The van der Waals surface area contributed by atoms with E-state index >= 15 is 0 Å². The third-order valence-electron chi connectivity index (χ3n) is 7.20. The van der Waals surface area contributed by atoms with Crippen molar-refractivity contribution >= 4 is 46.0 Å². The summed E-state index contributed by atoms with van der Waals surface area (Å²) in [6, 6.07) is 19.5. The van der Waals surface area contributed by atoms with E-state index in [1.54, 1.807) is 36.1 Å². The zero-order valence-corrected chi connectivity index (χ0v) is 22.9. The molecule has 204 valence electrons. The molecule has 1 aliphatic rings. The summed E-state index contributed by atoms with van der Waals surface area (Å²) in [5, 5.41) is 5.48. The van der Waals surface area contributed by atoms with Crippen LogP contribution in [0.4, 0.5) is 0 Å². The lowest BCUT2D eigenvalue weighted by Crippen LogP contribution is -2.62. The van der Waals surface area contributed by atoms with Gasteiger partial charge in [0.2, 0.25) is 23.6 Å². The SMILES string of the molecule is CC(=O)NC(Cc1ccc(Cl)cc1)C(=O)N1CCN(CC(Cc2ccc3ccccc3c2)C(N)=O)C(=O)C1C. The van der Waals surface area contributed by atoms with Crippen molar-refractivity contribution in [2.24, 2.45) is 11.7 Å². The second-order valence-corrected chi connectivity index (χ2v) is 10.5. The van der Waals surface area contributed by atoms with Crippen LogP contribution in [0.25, 0.3) is 10.8 Å². The second-order valence-electron chi connectivity index (χ2n) is 10.1. The van der Waals surface area contributed by atoms with Crippen molar-refractivity contribution in [1.82, 2.24) is 15.1 Å². The van der Waals surface area contributed by atoms with Gasteiger partial charge in [0.05, 0.1) is 5.92 Å². The van der Waals surface area contributed by atoms with Gasteiger partial charge in [-0.2, -0.15) is 0 Å². The van der Waals surface area contributed by atoms with Crippen molar-refractivity contribution in [2.45, 2.75) is 38.8 Å². The molecule has 0 aliphatic carbocycles. The number of carbonyl (C=O) groups excluding carboxylic acids is 4. The van der Waals surface area contributed by atoms with Gasteiger partial charge in [-0.25, -0.2) is 0 Å². The van der Waals surface area contributed by atoms with Gasteiger partial charge in [-0.15, -0.1) is 0 Å². The van der Waals surface area contributed by atoms with E-state index in [-0.39, 0.29) is 43.8 Å². The maximum Gasteiger partial charge on any atom is 0.246 e. The first-order valence-corrected chi connectivity index (χ1v) is 13.4. The van der Waals surface area contributed by atoms with Crippen LogP contribution in [-0.2, 0) is 32.0 Å². The molecule has 0 bridgehead atoms. The van der Waals surface area contributed by atoms with E-state index in [2.05, 4.69) is 5.32 Å². The summed E-state index contributed by atoms with van der Waals surface area (Å²) < 4.78 is 0. The molecule has 3 aromatic rings. The molecule has 0 spiro atoms. The largest absolute Gasteiger partial charge is 0.369 e. The number of rotatable bonds is 9. The first kappa shape index (κ1) is 28.1. The van der Waals surface area contributed by atoms with Crippen LogP contribution in [0, 0.1) is 5.92 Å². The summed E-state index contributed by atoms with van der Waals surface area (Å²) in [7, 11) is 0. The Balaban J connectivity index is 1.43. The average molecular weight is 549 g/mol. The van der Waals surface area contributed by atoms with Crippen molar-refractivity contribution in [1.29, 1.82) is 0 Å². The first-order chi connectivity index (χ1) is 18.6. The lowest BCUT2D eigenvalue weighted by molar-refractivity contribution is -0.152. The van der Waals surface area contributed by atoms with Gasteiger partial charge in [0.15, 0.2) is 0 Å². The van der Waals surface area contributed by atoms with Crippen molar-refractivity contribution in [3.8, 4) is 0 Å². The zero-order chi connectivity index (χ0) is 28.1. The zero-order valence-electron chi connectivity index (χ0n) is 22.1. The molecule has 9 heteroatoms. The van der Waals surface area contributed by atoms with Crippen LogP contribution >= 0.6 is 11.6 Å². The number of amides is 4. The van der Waals surface area contributed by atoms with Crippen molar-refractivity contribution in [2.75, 3.05) is 19.6 Å². The molecule has 0 aromatic heterocycles. The predicted molar refractivity (Wildman–Crippen MR) is 151 cm³/mol. The number of halogens is 1. The van der Waals surface area contributed by atoms with Gasteiger partial charge >= 0.3 is 0 Å². The van der Waals surface area contributed by atoms with Crippen molar-refractivity contribution in [3.63, 3.8) is 0 Å². The van der Waals surface area contributed by atoms with E-state index in [4.69, 9.17) is 17.3 Å². The quantitative estimate of drug-likeness (QED) is 0.428. The van der Waals surface area contributed by atoms with Gasteiger partial charge in [0.1, 0.15) is 12.1 Å². The highest BCUT2D eigenvalue weighted by Gasteiger charge is 2.38. The summed E-state index contributed by atoms with van der Waals surface area (Å²) >= 11 is 5.97. The molecular weight excluding hydrogens is 516 g/mol. The Morgan fingerprint density at radius 2 is 1.64 bits per heavy atom. The number of primary amides is 1. The third-order valence-corrected chi connectivity index (χ3v) is 7.45. The molecule has 39 heavy (non-hydrogen) atoms. The van der Waals surface area contributed by atoms with Crippen molar-refractivity contribution < 1.29 is 19.2 Å². The third kappa shape index (κ3) is 6.95. The number of hydrogen-bond acceptors (Lipinski definition) is 4. The highest BCUT2D eigenvalue weighted by molar-refractivity contribution is 6.30. The van der Waals surface area contributed by atoms with Crippen LogP contribution in [0.15, 0.2) is 66.7 Å². The van der Waals surface area contributed by atoms with E-state index in [1.807, 2.05) is 42.5 Å². The fraction of sp³-hybridized carbons (Fsp3) is 0.333. The lowest BCUT2D eigenvalue weighted by Gasteiger charge is -2.41. The molecule has 0 saturated carbocycles. The van der Waals surface area contributed by atoms with Crippen LogP contribution in [0.1, 0.15) is 25.0 Å². The number of carbonyl (C=O) groups is 4. The minimum absolute atomic E-state index is 0.174. The van der Waals surface area contributed by atoms with E-state index in [0.29, 0.717) is 11.4 Å². The summed E-state index contributed by atoms with van der Waals surface area (Å²) in [6.45, 7) is 3.75. The normalized spacial score (nSPS) is 17.1. The Bertz CT molecular complexity index is 1380. The highest BCUT2D eigenvalue weighted by Crippen LogP contribution is 2.21. The summed E-state index contributed by atoms with van der Waals surface area (Å²) in [5.74, 6) is -1.97. The number of benzene rings is 3. The van der Waals surface area contributed by atoms with Gasteiger partial charge < -0.3 is 20.9 Å². The standard InChI is InChI=1S/C30H33ClN4O4/c1-19-29(38)34(18-25(28(32)37)16-22-7-10-23-5-3-4-6-24(23)15-22)13-14-35(19)30(39)27(33-20(2)36)17-21-8-11-26(31)12-9-21/h3-12,15,19,25,27H,13-14,16-18H2,1-2H3,(H2,32,37)(H,33,36). The molecule has 4 amide bonds. The monoisotopic (exact) mass is 548 g/mol. The van der Waals surface area contributed by atoms with Gasteiger partial charge in [-0.3, -0.25) is 19.2 Å². The number of nitrogens with two attached hydrogens (primary N) is 1. The molecule has 3 unspecified atom stereocenters. The topological polar surface area (TPSA) is 113 Å². The predicted octanol–water partition coefficient (Wildman–Crippen LogP) is 2.94. The molecule has 0 radical (unpaired) electrons. The highest BCUT2D eigenvalue weighted by atomic mass is 35.5. The van der Waals surface area contributed by atoms with E-state index in [0.717, 1.165) is 21.9 Å². The molecular formula is C30H33ClN4O4. The number of piperazine rings is 1. The molecule has 1 saturated heterocycles. The Labute approximate surface area is 233 Å². The second kappa shape index (κ2) is 12.3.